The van der Waals surface area contributed by atoms with Crippen molar-refractivity contribution in [1.82, 2.24) is 9.97 Å². The lowest BCUT2D eigenvalue weighted by molar-refractivity contribution is -0.137. The summed E-state index contributed by atoms with van der Waals surface area (Å²) in [7, 11) is 0. The first-order chi connectivity index (χ1) is 14.3. The van der Waals surface area contributed by atoms with Gasteiger partial charge in [0, 0.05) is 17.3 Å². The molecule has 0 fully saturated rings. The van der Waals surface area contributed by atoms with E-state index in [4.69, 9.17) is 0 Å². The quantitative estimate of drug-likeness (QED) is 0.609. The number of alkyl halides is 3. The molecule has 0 aliphatic heterocycles. The molecule has 2 N–H and O–H groups in total. The zero-order chi connectivity index (χ0) is 21.6. The Morgan fingerprint density at radius 2 is 1.63 bits per heavy atom. The largest absolute Gasteiger partial charge is 0.416 e. The van der Waals surface area contributed by atoms with Crippen LogP contribution in [0.2, 0.25) is 0 Å². The van der Waals surface area contributed by atoms with Crippen LogP contribution in [0, 0.1) is 0 Å². The van der Waals surface area contributed by atoms with Gasteiger partial charge in [-0.3, -0.25) is 9.59 Å². The van der Waals surface area contributed by atoms with Crippen LogP contribution in [0.25, 0.3) is 6.08 Å². The molecule has 0 saturated heterocycles. The van der Waals surface area contributed by atoms with E-state index in [0.717, 1.165) is 12.1 Å². The Kier molecular flexibility index (Phi) is 6.21. The summed E-state index contributed by atoms with van der Waals surface area (Å²) >= 11 is 0. The number of nitrogens with zero attached hydrogens (tertiary/aromatic N) is 2. The van der Waals surface area contributed by atoms with Crippen molar-refractivity contribution in [3.05, 3.63) is 90.0 Å². The van der Waals surface area contributed by atoms with E-state index in [9.17, 15) is 22.8 Å². The number of hydrogen-bond acceptors (Lipinski definition) is 4. The average molecular weight is 412 g/mol. The number of rotatable bonds is 5. The maximum Gasteiger partial charge on any atom is 0.416 e. The molecular formula is C21H15F3N4O2. The number of amides is 2. The van der Waals surface area contributed by atoms with Gasteiger partial charge in [0.25, 0.3) is 5.91 Å². The van der Waals surface area contributed by atoms with Crippen LogP contribution >= 0.6 is 0 Å². The minimum absolute atomic E-state index is 0.0280. The molecule has 0 bridgehead atoms. The first-order valence-electron chi connectivity index (χ1n) is 8.64. The van der Waals surface area contributed by atoms with Gasteiger partial charge in [-0.2, -0.15) is 13.2 Å². The van der Waals surface area contributed by atoms with E-state index in [1.807, 2.05) is 0 Å². The number of hydrogen-bond donors (Lipinski definition) is 2. The summed E-state index contributed by atoms with van der Waals surface area (Å²) in [6, 6.07) is 10.7. The van der Waals surface area contributed by atoms with Gasteiger partial charge in [-0.05, 0) is 42.0 Å². The molecule has 1 aromatic heterocycles. The Hall–Kier alpha value is -4.01. The zero-order valence-corrected chi connectivity index (χ0v) is 15.4. The average Bonchev–Trinajstić information content (AvgIpc) is 2.73. The van der Waals surface area contributed by atoms with Crippen molar-refractivity contribution in [3.8, 4) is 0 Å². The molecule has 3 aromatic rings. The third kappa shape index (κ3) is 5.74. The third-order valence-corrected chi connectivity index (χ3v) is 3.85. The standard InChI is InChI=1S/C21H15F3N4O2/c22-21(23,24)16-5-2-6-17(10-16)28-20(30)15-4-1-3-14(9-15)7-8-19(29)27-18-11-25-13-26-12-18/h1-13H,(H,27,29)(H,28,30)/b8-7+. The van der Waals surface area contributed by atoms with Gasteiger partial charge in [0.1, 0.15) is 6.33 Å². The number of aromatic nitrogens is 2. The molecule has 0 aliphatic rings. The van der Waals surface area contributed by atoms with Crippen LogP contribution < -0.4 is 10.6 Å². The zero-order valence-electron chi connectivity index (χ0n) is 15.4. The van der Waals surface area contributed by atoms with Crippen LogP contribution in [-0.2, 0) is 11.0 Å². The number of nitrogens with one attached hydrogen (secondary N) is 2. The highest BCUT2D eigenvalue weighted by molar-refractivity contribution is 6.05. The lowest BCUT2D eigenvalue weighted by Crippen LogP contribution is -2.13. The highest BCUT2D eigenvalue weighted by Crippen LogP contribution is 2.30. The van der Waals surface area contributed by atoms with E-state index in [1.165, 1.54) is 55.1 Å². The summed E-state index contributed by atoms with van der Waals surface area (Å²) in [5.41, 5.74) is 0.394. The van der Waals surface area contributed by atoms with Crippen molar-refractivity contribution in [2.24, 2.45) is 0 Å². The van der Waals surface area contributed by atoms with Crippen LogP contribution in [-0.4, -0.2) is 21.8 Å². The molecule has 9 heteroatoms. The van der Waals surface area contributed by atoms with E-state index in [2.05, 4.69) is 20.6 Å². The monoisotopic (exact) mass is 412 g/mol. The number of anilines is 2. The van der Waals surface area contributed by atoms with Crippen LogP contribution in [0.4, 0.5) is 24.5 Å². The fraction of sp³-hybridized carbons (Fsp3) is 0.0476. The molecule has 1 heterocycles. The summed E-state index contributed by atoms with van der Waals surface area (Å²) in [6.07, 6.45) is 2.49. The maximum absolute atomic E-state index is 12.8. The van der Waals surface area contributed by atoms with Gasteiger partial charge in [-0.25, -0.2) is 9.97 Å². The summed E-state index contributed by atoms with van der Waals surface area (Å²) < 4.78 is 38.4. The number of benzene rings is 2. The topological polar surface area (TPSA) is 84.0 Å². The number of halogens is 3. The Morgan fingerprint density at radius 3 is 2.37 bits per heavy atom. The lowest BCUT2D eigenvalue weighted by Gasteiger charge is -2.10. The van der Waals surface area contributed by atoms with E-state index >= 15 is 0 Å². The summed E-state index contributed by atoms with van der Waals surface area (Å²) in [4.78, 5) is 31.9. The third-order valence-electron chi connectivity index (χ3n) is 3.85. The second-order valence-electron chi connectivity index (χ2n) is 6.11. The Labute approximate surface area is 169 Å². The van der Waals surface area contributed by atoms with Crippen molar-refractivity contribution < 1.29 is 22.8 Å². The predicted molar refractivity (Wildman–Crippen MR) is 106 cm³/mol. The van der Waals surface area contributed by atoms with Crippen LogP contribution in [0.3, 0.4) is 0 Å². The molecule has 2 amide bonds. The highest BCUT2D eigenvalue weighted by atomic mass is 19.4. The van der Waals surface area contributed by atoms with Crippen LogP contribution in [0.1, 0.15) is 21.5 Å². The van der Waals surface area contributed by atoms with Gasteiger partial charge in [0.2, 0.25) is 5.91 Å². The van der Waals surface area contributed by atoms with Crippen LogP contribution in [0.5, 0.6) is 0 Å². The second kappa shape index (κ2) is 8.99. The molecule has 0 spiro atoms. The van der Waals surface area contributed by atoms with Crippen molar-refractivity contribution >= 4 is 29.3 Å². The molecule has 152 valence electrons. The number of carbonyl (C=O) groups is 2. The maximum atomic E-state index is 12.8. The van der Waals surface area contributed by atoms with Crippen molar-refractivity contribution in [1.29, 1.82) is 0 Å². The summed E-state index contributed by atoms with van der Waals surface area (Å²) in [5.74, 6) is -0.987. The Bertz CT molecular complexity index is 1080. The lowest BCUT2D eigenvalue weighted by atomic mass is 10.1. The second-order valence-corrected chi connectivity index (χ2v) is 6.11. The molecule has 0 atom stereocenters. The van der Waals surface area contributed by atoms with Gasteiger partial charge >= 0.3 is 6.18 Å². The fourth-order valence-corrected chi connectivity index (χ4v) is 2.48. The minimum Gasteiger partial charge on any atom is -0.322 e. The molecule has 3 rings (SSSR count). The van der Waals surface area contributed by atoms with Gasteiger partial charge in [-0.15, -0.1) is 0 Å². The molecule has 6 nitrogen and oxygen atoms in total. The normalized spacial score (nSPS) is 11.3. The SMILES string of the molecule is O=C(/C=C/c1cccc(C(=O)Nc2cccc(C(F)(F)F)c2)c1)Nc1cncnc1. The van der Waals surface area contributed by atoms with Gasteiger partial charge in [-0.1, -0.05) is 18.2 Å². The highest BCUT2D eigenvalue weighted by Gasteiger charge is 2.30. The Balaban J connectivity index is 1.67. The molecule has 0 saturated carbocycles. The fourth-order valence-electron chi connectivity index (χ4n) is 2.48. The molecule has 2 aromatic carbocycles. The molecule has 0 radical (unpaired) electrons. The Morgan fingerprint density at radius 1 is 0.900 bits per heavy atom. The minimum atomic E-state index is -4.50. The van der Waals surface area contributed by atoms with Gasteiger partial charge in [0.15, 0.2) is 0 Å². The molecular weight excluding hydrogens is 397 g/mol. The van der Waals surface area contributed by atoms with Gasteiger partial charge in [0.05, 0.1) is 23.6 Å². The predicted octanol–water partition coefficient (Wildman–Crippen LogP) is 4.40. The van der Waals surface area contributed by atoms with E-state index in [-0.39, 0.29) is 11.3 Å². The molecule has 30 heavy (non-hydrogen) atoms. The molecule has 0 unspecified atom stereocenters. The van der Waals surface area contributed by atoms with Crippen molar-refractivity contribution in [2.45, 2.75) is 6.18 Å². The van der Waals surface area contributed by atoms with E-state index < -0.39 is 23.6 Å². The first kappa shape index (κ1) is 20.7. The first-order valence-corrected chi connectivity index (χ1v) is 8.64. The van der Waals surface area contributed by atoms with E-state index in [1.54, 1.807) is 12.1 Å². The smallest absolute Gasteiger partial charge is 0.322 e. The van der Waals surface area contributed by atoms with Crippen molar-refractivity contribution in [3.63, 3.8) is 0 Å². The van der Waals surface area contributed by atoms with Crippen molar-refractivity contribution in [2.75, 3.05) is 10.6 Å². The summed E-state index contributed by atoms with van der Waals surface area (Å²) in [6.45, 7) is 0. The van der Waals surface area contributed by atoms with Gasteiger partial charge < -0.3 is 10.6 Å². The molecule has 0 aliphatic carbocycles. The van der Waals surface area contributed by atoms with E-state index in [0.29, 0.717) is 11.3 Å². The number of carbonyl (C=O) groups excluding carboxylic acids is 2. The summed E-state index contributed by atoms with van der Waals surface area (Å²) in [5, 5.41) is 5.02. The van der Waals surface area contributed by atoms with Crippen LogP contribution in [0.15, 0.2) is 73.3 Å².